The van der Waals surface area contributed by atoms with E-state index in [1.165, 1.54) is 0 Å². The van der Waals surface area contributed by atoms with Crippen LogP contribution in [0.15, 0.2) is 36.4 Å². The summed E-state index contributed by atoms with van der Waals surface area (Å²) in [7, 11) is 0. The molecule has 0 bridgehead atoms. The summed E-state index contributed by atoms with van der Waals surface area (Å²) in [5.74, 6) is 1.21. The second kappa shape index (κ2) is 8.16. The smallest absolute Gasteiger partial charge is 0.223 e. The van der Waals surface area contributed by atoms with Crippen molar-refractivity contribution in [1.29, 1.82) is 0 Å². The summed E-state index contributed by atoms with van der Waals surface area (Å²) in [5.41, 5.74) is 1.09. The van der Waals surface area contributed by atoms with E-state index in [9.17, 15) is 9.90 Å². The van der Waals surface area contributed by atoms with Crippen LogP contribution in [-0.4, -0.2) is 40.8 Å². The lowest BCUT2D eigenvalue weighted by atomic mass is 9.96. The summed E-state index contributed by atoms with van der Waals surface area (Å²) in [5, 5.41) is 20.6. The number of halogens is 1. The highest BCUT2D eigenvalue weighted by Gasteiger charge is 2.25. The molecule has 2 heterocycles. The number of nitrogens with one attached hydrogen (secondary N) is 1. The molecule has 7 heteroatoms. The molecule has 0 aliphatic carbocycles. The third-order valence-corrected chi connectivity index (χ3v) is 4.66. The lowest BCUT2D eigenvalue weighted by Gasteiger charge is -2.31. The Morgan fingerprint density at radius 2 is 1.88 bits per heavy atom. The van der Waals surface area contributed by atoms with Crippen LogP contribution in [0.25, 0.3) is 0 Å². The molecule has 1 aliphatic rings. The monoisotopic (exact) mass is 360 g/mol. The quantitative estimate of drug-likeness (QED) is 0.856. The Morgan fingerprint density at radius 1 is 1.16 bits per heavy atom. The van der Waals surface area contributed by atoms with Crippen LogP contribution in [0.3, 0.4) is 0 Å². The lowest BCUT2D eigenvalue weighted by Crippen LogP contribution is -2.41. The highest BCUT2D eigenvalue weighted by molar-refractivity contribution is 6.29. The number of rotatable bonds is 5. The van der Waals surface area contributed by atoms with Crippen molar-refractivity contribution in [2.45, 2.75) is 19.3 Å². The van der Waals surface area contributed by atoms with Gasteiger partial charge in [0.05, 0.1) is 0 Å². The van der Waals surface area contributed by atoms with Gasteiger partial charge in [0.2, 0.25) is 5.91 Å². The topological polar surface area (TPSA) is 78.4 Å². The summed E-state index contributed by atoms with van der Waals surface area (Å²) in [6, 6.07) is 10.6. The highest BCUT2D eigenvalue weighted by atomic mass is 35.5. The maximum atomic E-state index is 12.3. The second-order valence-electron chi connectivity index (χ2n) is 6.18. The van der Waals surface area contributed by atoms with Crippen molar-refractivity contribution < 1.29 is 9.90 Å². The van der Waals surface area contributed by atoms with Crippen LogP contribution in [0.2, 0.25) is 5.15 Å². The fraction of sp³-hybridized carbons (Fsp3) is 0.389. The van der Waals surface area contributed by atoms with Crippen LogP contribution in [0.5, 0.6) is 5.75 Å². The van der Waals surface area contributed by atoms with Crippen LogP contribution < -0.4 is 10.2 Å². The van der Waals surface area contributed by atoms with Crippen molar-refractivity contribution in [2.24, 2.45) is 5.92 Å². The SMILES string of the molecule is O=C(NCCc1ccc(O)cc1)C1CCN(c2ccc(Cl)nn2)CC1. The summed E-state index contributed by atoms with van der Waals surface area (Å²) >= 11 is 5.76. The Kier molecular flexibility index (Phi) is 5.71. The van der Waals surface area contributed by atoms with Gasteiger partial charge in [0.25, 0.3) is 0 Å². The number of hydrogen-bond donors (Lipinski definition) is 2. The van der Waals surface area contributed by atoms with Gasteiger partial charge in [-0.1, -0.05) is 23.7 Å². The largest absolute Gasteiger partial charge is 0.508 e. The van der Waals surface area contributed by atoms with Crippen molar-refractivity contribution >= 4 is 23.3 Å². The third kappa shape index (κ3) is 4.82. The van der Waals surface area contributed by atoms with Crippen LogP contribution in [0, 0.1) is 5.92 Å². The number of hydrogen-bond acceptors (Lipinski definition) is 5. The zero-order valence-corrected chi connectivity index (χ0v) is 14.6. The van der Waals surface area contributed by atoms with Gasteiger partial charge in [-0.05, 0) is 49.1 Å². The van der Waals surface area contributed by atoms with E-state index < -0.39 is 0 Å². The number of benzene rings is 1. The summed E-state index contributed by atoms with van der Waals surface area (Å²) in [4.78, 5) is 14.4. The molecule has 6 nitrogen and oxygen atoms in total. The van der Waals surface area contributed by atoms with E-state index in [2.05, 4.69) is 20.4 Å². The lowest BCUT2D eigenvalue weighted by molar-refractivity contribution is -0.125. The van der Waals surface area contributed by atoms with Gasteiger partial charge in [-0.2, -0.15) is 0 Å². The minimum Gasteiger partial charge on any atom is -0.508 e. The number of anilines is 1. The third-order valence-electron chi connectivity index (χ3n) is 4.46. The van der Waals surface area contributed by atoms with Gasteiger partial charge < -0.3 is 15.3 Å². The Morgan fingerprint density at radius 3 is 2.52 bits per heavy atom. The molecule has 1 fully saturated rings. The van der Waals surface area contributed by atoms with E-state index >= 15 is 0 Å². The van der Waals surface area contributed by atoms with Crippen molar-refractivity contribution in [3.05, 3.63) is 47.1 Å². The van der Waals surface area contributed by atoms with Gasteiger partial charge in [0.15, 0.2) is 11.0 Å². The van der Waals surface area contributed by atoms with Crippen molar-refractivity contribution in [1.82, 2.24) is 15.5 Å². The van der Waals surface area contributed by atoms with Crippen molar-refractivity contribution in [3.8, 4) is 5.75 Å². The number of amides is 1. The average molecular weight is 361 g/mol. The van der Waals surface area contributed by atoms with E-state index in [0.29, 0.717) is 11.7 Å². The first-order valence-electron chi connectivity index (χ1n) is 8.41. The first-order valence-corrected chi connectivity index (χ1v) is 8.79. The van der Waals surface area contributed by atoms with Gasteiger partial charge in [0.1, 0.15) is 5.75 Å². The number of phenolic OH excluding ortho intramolecular Hbond substituents is 1. The number of phenols is 1. The molecule has 1 aliphatic heterocycles. The second-order valence-corrected chi connectivity index (χ2v) is 6.57. The first-order chi connectivity index (χ1) is 12.1. The molecule has 0 saturated carbocycles. The fourth-order valence-corrected chi connectivity index (χ4v) is 3.09. The maximum absolute atomic E-state index is 12.3. The summed E-state index contributed by atoms with van der Waals surface area (Å²) in [6.07, 6.45) is 2.36. The number of piperidine rings is 1. The molecule has 2 aromatic rings. The molecule has 1 saturated heterocycles. The van der Waals surface area contributed by atoms with E-state index in [-0.39, 0.29) is 17.6 Å². The van der Waals surface area contributed by atoms with Crippen molar-refractivity contribution in [2.75, 3.05) is 24.5 Å². The van der Waals surface area contributed by atoms with Gasteiger partial charge >= 0.3 is 0 Å². The molecule has 1 aromatic heterocycles. The molecule has 0 atom stereocenters. The summed E-state index contributed by atoms with van der Waals surface area (Å²) in [6.45, 7) is 2.17. The maximum Gasteiger partial charge on any atom is 0.223 e. The minimum absolute atomic E-state index is 0.0383. The zero-order valence-electron chi connectivity index (χ0n) is 13.9. The first kappa shape index (κ1) is 17.5. The highest BCUT2D eigenvalue weighted by Crippen LogP contribution is 2.22. The van der Waals surface area contributed by atoms with E-state index in [0.717, 1.165) is 43.7 Å². The molecule has 0 unspecified atom stereocenters. The molecule has 2 N–H and O–H groups in total. The molecule has 3 rings (SSSR count). The van der Waals surface area contributed by atoms with Crippen molar-refractivity contribution in [3.63, 3.8) is 0 Å². The predicted molar refractivity (Wildman–Crippen MR) is 96.8 cm³/mol. The number of carbonyl (C=O) groups excluding carboxylic acids is 1. The number of aromatic nitrogens is 2. The van der Waals surface area contributed by atoms with Gasteiger partial charge in [-0.3, -0.25) is 4.79 Å². The molecule has 25 heavy (non-hydrogen) atoms. The van der Waals surface area contributed by atoms with Gasteiger partial charge in [-0.25, -0.2) is 0 Å². The fourth-order valence-electron chi connectivity index (χ4n) is 2.99. The zero-order chi connectivity index (χ0) is 17.6. The predicted octanol–water partition coefficient (Wildman–Crippen LogP) is 2.41. The van der Waals surface area contributed by atoms with Crippen LogP contribution in [0.4, 0.5) is 5.82 Å². The molecular weight excluding hydrogens is 340 g/mol. The van der Waals surface area contributed by atoms with Crippen LogP contribution >= 0.6 is 11.6 Å². The molecule has 1 amide bonds. The number of nitrogens with zero attached hydrogens (tertiary/aromatic N) is 3. The minimum atomic E-state index is 0.0383. The number of aromatic hydroxyl groups is 1. The van der Waals surface area contributed by atoms with Gasteiger partial charge in [0, 0.05) is 25.6 Å². The van der Waals surface area contributed by atoms with Crippen LogP contribution in [-0.2, 0) is 11.2 Å². The normalized spacial score (nSPS) is 15.2. The standard InChI is InChI=1S/C18H21ClN4O2/c19-16-5-6-17(22-21-16)23-11-8-14(9-12-23)18(25)20-10-7-13-1-3-15(24)4-2-13/h1-6,14,24H,7-12H2,(H,20,25). The van der Waals surface area contributed by atoms with Gasteiger partial charge in [-0.15, -0.1) is 10.2 Å². The average Bonchev–Trinajstić information content (AvgIpc) is 2.64. The number of carbonyl (C=O) groups is 1. The summed E-state index contributed by atoms with van der Waals surface area (Å²) < 4.78 is 0. The van der Waals surface area contributed by atoms with E-state index in [1.54, 1.807) is 18.2 Å². The molecule has 132 valence electrons. The van der Waals surface area contributed by atoms with Crippen LogP contribution in [0.1, 0.15) is 18.4 Å². The molecular formula is C18H21ClN4O2. The Bertz CT molecular complexity index is 698. The molecule has 0 radical (unpaired) electrons. The van der Waals surface area contributed by atoms with E-state index in [4.69, 9.17) is 11.6 Å². The Labute approximate surface area is 151 Å². The Balaban J connectivity index is 1.42. The molecule has 0 spiro atoms. The molecule has 1 aromatic carbocycles. The Hall–Kier alpha value is -2.34. The van der Waals surface area contributed by atoms with E-state index in [1.807, 2.05) is 18.2 Å².